The van der Waals surface area contributed by atoms with Crippen LogP contribution in [-0.2, 0) is 4.74 Å². The highest BCUT2D eigenvalue weighted by Gasteiger charge is 2.61. The molecular formula is C9H13F5O2. The quantitative estimate of drug-likeness (QED) is 0.598. The zero-order valence-electron chi connectivity index (χ0n) is 8.81. The van der Waals surface area contributed by atoms with E-state index in [1.54, 1.807) is 0 Å². The van der Waals surface area contributed by atoms with E-state index in [0.29, 0.717) is 6.08 Å². The molecule has 96 valence electrons. The highest BCUT2D eigenvalue weighted by atomic mass is 19.4. The lowest BCUT2D eigenvalue weighted by Crippen LogP contribution is -2.39. The second-order valence-electron chi connectivity index (χ2n) is 3.01. The van der Waals surface area contributed by atoms with Crippen molar-refractivity contribution in [3.63, 3.8) is 0 Å². The number of alkyl halides is 5. The highest BCUT2D eigenvalue weighted by molar-refractivity contribution is 5.11. The van der Waals surface area contributed by atoms with Crippen molar-refractivity contribution in [3.8, 4) is 0 Å². The first-order chi connectivity index (χ1) is 7.16. The number of ether oxygens (including phenoxy) is 1. The molecule has 0 spiro atoms. The first-order valence-corrected chi connectivity index (χ1v) is 4.64. The van der Waals surface area contributed by atoms with Crippen molar-refractivity contribution >= 4 is 0 Å². The minimum atomic E-state index is -5.73. The predicted molar refractivity (Wildman–Crippen MR) is 47.0 cm³/mol. The molecule has 0 fully saturated rings. The van der Waals surface area contributed by atoms with Gasteiger partial charge in [-0.2, -0.15) is 22.0 Å². The SMILES string of the molecule is CCO/C(=C\C(O)CC)C(F)(F)C(F)(F)F. The van der Waals surface area contributed by atoms with E-state index in [4.69, 9.17) is 5.11 Å². The van der Waals surface area contributed by atoms with E-state index in [1.807, 2.05) is 0 Å². The van der Waals surface area contributed by atoms with Gasteiger partial charge in [0.05, 0.1) is 12.7 Å². The summed E-state index contributed by atoms with van der Waals surface area (Å²) in [7, 11) is 0. The fourth-order valence-electron chi connectivity index (χ4n) is 0.831. The molecule has 0 saturated heterocycles. The molecule has 1 atom stereocenters. The smallest absolute Gasteiger partial charge is 0.461 e. The maximum absolute atomic E-state index is 12.8. The summed E-state index contributed by atoms with van der Waals surface area (Å²) in [5, 5.41) is 9.03. The van der Waals surface area contributed by atoms with Crippen LogP contribution in [0.1, 0.15) is 20.3 Å². The Kier molecular flexibility index (Phi) is 5.18. The van der Waals surface area contributed by atoms with Crippen LogP contribution in [0, 0.1) is 0 Å². The Morgan fingerprint density at radius 3 is 2.06 bits per heavy atom. The van der Waals surface area contributed by atoms with Crippen LogP contribution in [0.25, 0.3) is 0 Å². The summed E-state index contributed by atoms with van der Waals surface area (Å²) >= 11 is 0. The van der Waals surface area contributed by atoms with E-state index in [0.717, 1.165) is 0 Å². The Labute approximate surface area is 89.7 Å². The third-order valence-corrected chi connectivity index (χ3v) is 1.73. The molecule has 0 aliphatic carbocycles. The van der Waals surface area contributed by atoms with Gasteiger partial charge in [-0.15, -0.1) is 0 Å². The Morgan fingerprint density at radius 1 is 1.25 bits per heavy atom. The van der Waals surface area contributed by atoms with E-state index in [9.17, 15) is 22.0 Å². The molecule has 0 rings (SSSR count). The van der Waals surface area contributed by atoms with E-state index < -0.39 is 24.0 Å². The van der Waals surface area contributed by atoms with Crippen molar-refractivity contribution in [1.82, 2.24) is 0 Å². The van der Waals surface area contributed by atoms with Crippen LogP contribution in [0.3, 0.4) is 0 Å². The molecule has 0 heterocycles. The number of hydrogen-bond donors (Lipinski definition) is 1. The first-order valence-electron chi connectivity index (χ1n) is 4.64. The van der Waals surface area contributed by atoms with Crippen molar-refractivity contribution in [3.05, 3.63) is 11.8 Å². The van der Waals surface area contributed by atoms with Crippen LogP contribution < -0.4 is 0 Å². The van der Waals surface area contributed by atoms with E-state index in [2.05, 4.69) is 4.74 Å². The summed E-state index contributed by atoms with van der Waals surface area (Å²) in [6.07, 6.45) is -6.72. The average molecular weight is 248 g/mol. The summed E-state index contributed by atoms with van der Waals surface area (Å²) in [5.41, 5.74) is 0. The van der Waals surface area contributed by atoms with Gasteiger partial charge in [-0.1, -0.05) is 6.92 Å². The fraction of sp³-hybridized carbons (Fsp3) is 0.778. The monoisotopic (exact) mass is 248 g/mol. The summed E-state index contributed by atoms with van der Waals surface area (Å²) < 4.78 is 66.0. The van der Waals surface area contributed by atoms with Gasteiger partial charge in [0, 0.05) is 0 Å². The number of aliphatic hydroxyl groups is 1. The van der Waals surface area contributed by atoms with Crippen LogP contribution in [0.2, 0.25) is 0 Å². The number of hydrogen-bond acceptors (Lipinski definition) is 2. The molecule has 0 aliphatic heterocycles. The molecule has 1 N–H and O–H groups in total. The van der Waals surface area contributed by atoms with Gasteiger partial charge in [-0.05, 0) is 19.4 Å². The zero-order chi connectivity index (χ0) is 13.0. The van der Waals surface area contributed by atoms with Crippen molar-refractivity contribution in [2.24, 2.45) is 0 Å². The molecular weight excluding hydrogens is 235 g/mol. The summed E-state index contributed by atoms with van der Waals surface area (Å²) in [5.74, 6) is -6.64. The van der Waals surface area contributed by atoms with Gasteiger partial charge in [0.1, 0.15) is 0 Å². The maximum atomic E-state index is 12.8. The fourth-order valence-corrected chi connectivity index (χ4v) is 0.831. The van der Waals surface area contributed by atoms with Crippen molar-refractivity contribution in [1.29, 1.82) is 0 Å². The Hall–Kier alpha value is -0.850. The second-order valence-corrected chi connectivity index (χ2v) is 3.01. The lowest BCUT2D eigenvalue weighted by atomic mass is 10.2. The number of rotatable bonds is 5. The largest absolute Gasteiger partial charge is 0.492 e. The van der Waals surface area contributed by atoms with Crippen LogP contribution >= 0.6 is 0 Å². The molecule has 0 amide bonds. The normalized spacial score (nSPS) is 16.1. The summed E-state index contributed by atoms with van der Waals surface area (Å²) in [6.45, 7) is 2.38. The number of allylic oxidation sites excluding steroid dienone is 1. The minimum Gasteiger partial charge on any atom is -0.492 e. The highest BCUT2D eigenvalue weighted by Crippen LogP contribution is 2.41. The maximum Gasteiger partial charge on any atom is 0.461 e. The Morgan fingerprint density at radius 2 is 1.75 bits per heavy atom. The van der Waals surface area contributed by atoms with Gasteiger partial charge in [0.25, 0.3) is 0 Å². The topological polar surface area (TPSA) is 29.5 Å². The lowest BCUT2D eigenvalue weighted by Gasteiger charge is -2.23. The molecule has 0 aromatic carbocycles. The molecule has 0 aromatic heterocycles. The average Bonchev–Trinajstić information content (AvgIpc) is 2.15. The minimum absolute atomic E-state index is 0.0184. The van der Waals surface area contributed by atoms with Crippen LogP contribution in [-0.4, -0.2) is 29.9 Å². The standard InChI is InChI=1S/C9H13F5O2/c1-3-6(15)5-7(16-4-2)8(10,11)9(12,13)14/h5-6,15H,3-4H2,1-2H3/b7-5-. The van der Waals surface area contributed by atoms with Gasteiger partial charge in [-0.25, -0.2) is 0 Å². The van der Waals surface area contributed by atoms with Gasteiger partial charge >= 0.3 is 12.1 Å². The van der Waals surface area contributed by atoms with Gasteiger partial charge in [0.15, 0.2) is 5.76 Å². The van der Waals surface area contributed by atoms with Crippen LogP contribution in [0.4, 0.5) is 22.0 Å². The van der Waals surface area contributed by atoms with Crippen molar-refractivity contribution in [2.75, 3.05) is 6.61 Å². The molecule has 0 aliphatic rings. The second kappa shape index (κ2) is 5.47. The Bertz CT molecular complexity index is 247. The molecule has 1 unspecified atom stereocenters. The van der Waals surface area contributed by atoms with E-state index in [1.165, 1.54) is 13.8 Å². The number of halogens is 5. The predicted octanol–water partition coefficient (Wildman–Crippen LogP) is 2.88. The molecule has 0 bridgehead atoms. The third kappa shape index (κ3) is 3.62. The molecule has 0 saturated carbocycles. The van der Waals surface area contributed by atoms with E-state index in [-0.39, 0.29) is 13.0 Å². The van der Waals surface area contributed by atoms with Gasteiger partial charge in [0.2, 0.25) is 0 Å². The number of aliphatic hydroxyl groups excluding tert-OH is 1. The zero-order valence-corrected chi connectivity index (χ0v) is 8.81. The summed E-state index contributed by atoms with van der Waals surface area (Å²) in [6, 6.07) is 0. The molecule has 7 heteroatoms. The molecule has 0 radical (unpaired) electrons. The molecule has 0 aromatic rings. The molecule has 2 nitrogen and oxygen atoms in total. The molecule has 16 heavy (non-hydrogen) atoms. The summed E-state index contributed by atoms with van der Waals surface area (Å²) in [4.78, 5) is 0. The van der Waals surface area contributed by atoms with Gasteiger partial charge in [-0.3, -0.25) is 0 Å². The van der Waals surface area contributed by atoms with Gasteiger partial charge < -0.3 is 9.84 Å². The van der Waals surface area contributed by atoms with Crippen molar-refractivity contribution in [2.45, 2.75) is 38.5 Å². The van der Waals surface area contributed by atoms with Crippen LogP contribution in [0.15, 0.2) is 11.8 Å². The van der Waals surface area contributed by atoms with E-state index >= 15 is 0 Å². The first kappa shape index (κ1) is 15.2. The lowest BCUT2D eigenvalue weighted by molar-refractivity contribution is -0.277. The van der Waals surface area contributed by atoms with Crippen molar-refractivity contribution < 1.29 is 31.8 Å². The Balaban J connectivity index is 5.12. The third-order valence-electron chi connectivity index (χ3n) is 1.73. The van der Waals surface area contributed by atoms with Crippen LogP contribution in [0.5, 0.6) is 0 Å².